The lowest BCUT2D eigenvalue weighted by Gasteiger charge is -2.28. The first-order chi connectivity index (χ1) is 15.1. The molecule has 0 aliphatic carbocycles. The fraction of sp³-hybridized carbons (Fsp3) is 0.333. The van der Waals surface area contributed by atoms with Crippen molar-refractivity contribution in [2.75, 3.05) is 36.5 Å². The molecular weight excluding hydrogens is 390 g/mol. The van der Waals surface area contributed by atoms with E-state index in [2.05, 4.69) is 51.0 Å². The first-order valence-electron chi connectivity index (χ1n) is 10.6. The maximum Gasteiger partial charge on any atom is 0.319 e. The predicted octanol–water partition coefficient (Wildman–Crippen LogP) is 3.71. The summed E-state index contributed by atoms with van der Waals surface area (Å²) in [5.74, 6) is 0. The Bertz CT molecular complexity index is 1020. The van der Waals surface area contributed by atoms with Crippen LogP contribution in [0.3, 0.4) is 0 Å². The van der Waals surface area contributed by atoms with Crippen molar-refractivity contribution in [2.24, 2.45) is 0 Å². The van der Waals surface area contributed by atoms with Crippen LogP contribution in [0.4, 0.5) is 16.2 Å². The summed E-state index contributed by atoms with van der Waals surface area (Å²) in [5.41, 5.74) is 6.22. The molecule has 7 heteroatoms. The number of benzene rings is 2. The Hall–Kier alpha value is -3.32. The highest BCUT2D eigenvalue weighted by molar-refractivity contribution is 5.89. The van der Waals surface area contributed by atoms with E-state index in [1.165, 1.54) is 5.69 Å². The minimum atomic E-state index is -0.222. The van der Waals surface area contributed by atoms with Crippen LogP contribution in [0.15, 0.2) is 54.6 Å². The second-order valence-corrected chi connectivity index (χ2v) is 7.86. The minimum absolute atomic E-state index is 0.222. The van der Waals surface area contributed by atoms with Gasteiger partial charge in [0.2, 0.25) is 0 Å². The van der Waals surface area contributed by atoms with E-state index in [0.717, 1.165) is 54.5 Å². The predicted molar refractivity (Wildman–Crippen MR) is 123 cm³/mol. The zero-order valence-corrected chi connectivity index (χ0v) is 18.1. The molecule has 0 radical (unpaired) electrons. The monoisotopic (exact) mass is 419 g/mol. The lowest BCUT2D eigenvalue weighted by Crippen LogP contribution is -2.36. The first-order valence-corrected chi connectivity index (χ1v) is 10.6. The van der Waals surface area contributed by atoms with Crippen LogP contribution in [-0.4, -0.2) is 42.1 Å². The fourth-order valence-electron chi connectivity index (χ4n) is 3.76. The maximum absolute atomic E-state index is 12.4. The standard InChI is InChI=1S/C24H29N5O2/c1-18-14-19(2)29(27-18)17-21-4-3-5-22(15-21)26-24(30)25-16-20-6-8-23(9-7-20)28-10-12-31-13-11-28/h3-9,14-15H,10-13,16-17H2,1-2H3,(H2,25,26,30). The number of aromatic nitrogens is 2. The smallest absolute Gasteiger partial charge is 0.319 e. The molecule has 0 bridgehead atoms. The van der Waals surface area contributed by atoms with Crippen molar-refractivity contribution in [1.82, 2.24) is 15.1 Å². The summed E-state index contributed by atoms with van der Waals surface area (Å²) in [4.78, 5) is 14.7. The van der Waals surface area contributed by atoms with Gasteiger partial charge in [-0.1, -0.05) is 24.3 Å². The third kappa shape index (κ3) is 5.64. The quantitative estimate of drug-likeness (QED) is 0.639. The topological polar surface area (TPSA) is 71.4 Å². The Morgan fingerprint density at radius 1 is 1.03 bits per heavy atom. The number of anilines is 2. The highest BCUT2D eigenvalue weighted by atomic mass is 16.5. The zero-order valence-electron chi connectivity index (χ0n) is 18.1. The molecule has 1 fully saturated rings. The van der Waals surface area contributed by atoms with Crippen LogP contribution < -0.4 is 15.5 Å². The number of carbonyl (C=O) groups is 1. The molecule has 162 valence electrons. The van der Waals surface area contributed by atoms with Gasteiger partial charge < -0.3 is 20.3 Å². The summed E-state index contributed by atoms with van der Waals surface area (Å²) in [7, 11) is 0. The Morgan fingerprint density at radius 3 is 2.52 bits per heavy atom. The summed E-state index contributed by atoms with van der Waals surface area (Å²) in [6.45, 7) is 8.55. The molecule has 3 aromatic rings. The number of ether oxygens (including phenoxy) is 1. The number of urea groups is 1. The SMILES string of the molecule is Cc1cc(C)n(Cc2cccc(NC(=O)NCc3ccc(N4CCOCC4)cc3)c2)n1. The van der Waals surface area contributed by atoms with Crippen molar-refractivity contribution >= 4 is 17.4 Å². The van der Waals surface area contributed by atoms with E-state index < -0.39 is 0 Å². The van der Waals surface area contributed by atoms with E-state index in [1.54, 1.807) is 0 Å². The van der Waals surface area contributed by atoms with Crippen molar-refractivity contribution in [2.45, 2.75) is 26.9 Å². The molecule has 31 heavy (non-hydrogen) atoms. The highest BCUT2D eigenvalue weighted by Gasteiger charge is 2.11. The van der Waals surface area contributed by atoms with Crippen molar-refractivity contribution in [3.8, 4) is 0 Å². The van der Waals surface area contributed by atoms with Gasteiger partial charge in [-0.15, -0.1) is 0 Å². The van der Waals surface area contributed by atoms with Gasteiger partial charge in [0, 0.05) is 36.7 Å². The van der Waals surface area contributed by atoms with E-state index in [0.29, 0.717) is 13.1 Å². The number of nitrogens with zero attached hydrogens (tertiary/aromatic N) is 3. The molecule has 1 aliphatic heterocycles. The number of nitrogens with one attached hydrogen (secondary N) is 2. The number of carbonyl (C=O) groups excluding carboxylic acids is 1. The largest absolute Gasteiger partial charge is 0.378 e. The summed E-state index contributed by atoms with van der Waals surface area (Å²) in [6, 6.07) is 18.0. The molecule has 1 aromatic heterocycles. The number of aryl methyl sites for hydroxylation is 2. The molecule has 0 atom stereocenters. The molecule has 0 saturated carbocycles. The molecule has 1 aliphatic rings. The summed E-state index contributed by atoms with van der Waals surface area (Å²) >= 11 is 0. The lowest BCUT2D eigenvalue weighted by molar-refractivity contribution is 0.122. The Morgan fingerprint density at radius 2 is 1.81 bits per heavy atom. The zero-order chi connectivity index (χ0) is 21.6. The number of rotatable bonds is 6. The Kier molecular flexibility index (Phi) is 6.52. The van der Waals surface area contributed by atoms with Gasteiger partial charge in [-0.25, -0.2) is 4.79 Å². The summed E-state index contributed by atoms with van der Waals surface area (Å²) in [5, 5.41) is 10.3. The molecule has 7 nitrogen and oxygen atoms in total. The van der Waals surface area contributed by atoms with Crippen LogP contribution >= 0.6 is 0 Å². The van der Waals surface area contributed by atoms with Gasteiger partial charge in [0.1, 0.15) is 0 Å². The van der Waals surface area contributed by atoms with Crippen LogP contribution in [0.5, 0.6) is 0 Å². The van der Waals surface area contributed by atoms with Crippen LogP contribution in [-0.2, 0) is 17.8 Å². The molecule has 2 N–H and O–H groups in total. The lowest BCUT2D eigenvalue weighted by atomic mass is 10.2. The van der Waals surface area contributed by atoms with Gasteiger partial charge in [0.15, 0.2) is 0 Å². The van der Waals surface area contributed by atoms with Crippen molar-refractivity contribution in [3.63, 3.8) is 0 Å². The molecule has 2 amide bonds. The van der Waals surface area contributed by atoms with Gasteiger partial charge >= 0.3 is 6.03 Å². The highest BCUT2D eigenvalue weighted by Crippen LogP contribution is 2.17. The number of amides is 2. The third-order valence-electron chi connectivity index (χ3n) is 5.39. The van der Waals surface area contributed by atoms with Crippen LogP contribution in [0.25, 0.3) is 0 Å². The van der Waals surface area contributed by atoms with Gasteiger partial charge in [0.25, 0.3) is 0 Å². The molecule has 4 rings (SSSR count). The van der Waals surface area contributed by atoms with Gasteiger partial charge in [0.05, 0.1) is 25.5 Å². The summed E-state index contributed by atoms with van der Waals surface area (Å²) < 4.78 is 7.37. The molecule has 2 heterocycles. The van der Waals surface area contributed by atoms with E-state index >= 15 is 0 Å². The van der Waals surface area contributed by atoms with E-state index in [-0.39, 0.29) is 6.03 Å². The van der Waals surface area contributed by atoms with Crippen molar-refractivity contribution in [1.29, 1.82) is 0 Å². The normalized spacial score (nSPS) is 13.8. The molecule has 1 saturated heterocycles. The average Bonchev–Trinajstić information content (AvgIpc) is 3.10. The fourth-order valence-corrected chi connectivity index (χ4v) is 3.76. The van der Waals surface area contributed by atoms with Crippen molar-refractivity contribution < 1.29 is 9.53 Å². The first kappa shape index (κ1) is 20.9. The third-order valence-corrected chi connectivity index (χ3v) is 5.39. The second kappa shape index (κ2) is 9.66. The van der Waals surface area contributed by atoms with Crippen LogP contribution in [0.1, 0.15) is 22.5 Å². The molecule has 2 aromatic carbocycles. The van der Waals surface area contributed by atoms with E-state index in [4.69, 9.17) is 4.74 Å². The van der Waals surface area contributed by atoms with E-state index in [9.17, 15) is 4.79 Å². The van der Waals surface area contributed by atoms with Crippen LogP contribution in [0.2, 0.25) is 0 Å². The van der Waals surface area contributed by atoms with Gasteiger partial charge in [-0.2, -0.15) is 5.10 Å². The van der Waals surface area contributed by atoms with Crippen LogP contribution in [0, 0.1) is 13.8 Å². The average molecular weight is 420 g/mol. The second-order valence-electron chi connectivity index (χ2n) is 7.86. The van der Waals surface area contributed by atoms with Gasteiger partial charge in [-0.3, -0.25) is 4.68 Å². The number of morpholine rings is 1. The number of hydrogen-bond donors (Lipinski definition) is 2. The Balaban J connectivity index is 1.29. The molecular formula is C24H29N5O2. The summed E-state index contributed by atoms with van der Waals surface area (Å²) in [6.07, 6.45) is 0. The Labute approximate surface area is 183 Å². The molecule has 0 spiro atoms. The molecule has 0 unspecified atom stereocenters. The maximum atomic E-state index is 12.4. The minimum Gasteiger partial charge on any atom is -0.378 e. The van der Waals surface area contributed by atoms with Gasteiger partial charge in [-0.05, 0) is 55.3 Å². The number of hydrogen-bond acceptors (Lipinski definition) is 4. The van der Waals surface area contributed by atoms with E-state index in [1.807, 2.05) is 42.8 Å². The van der Waals surface area contributed by atoms with Crippen molar-refractivity contribution in [3.05, 3.63) is 77.1 Å².